The van der Waals surface area contributed by atoms with Gasteiger partial charge in [0, 0.05) is 11.2 Å². The van der Waals surface area contributed by atoms with Gasteiger partial charge in [0.25, 0.3) is 0 Å². The van der Waals surface area contributed by atoms with E-state index in [9.17, 15) is 5.26 Å². The van der Waals surface area contributed by atoms with E-state index < -0.39 is 5.92 Å². The maximum atomic E-state index is 9.28. The van der Waals surface area contributed by atoms with Gasteiger partial charge in [0.15, 0.2) is 0 Å². The number of nitrogens with zero attached hydrogens (tertiary/aromatic N) is 3. The second kappa shape index (κ2) is 5.48. The van der Waals surface area contributed by atoms with Crippen molar-refractivity contribution in [1.82, 2.24) is 10.2 Å². The molecule has 0 aliphatic rings. The fraction of sp³-hybridized carbons (Fsp3) is 0.154. The molecule has 0 amide bonds. The number of halogens is 1. The normalized spacial score (nSPS) is 11.6. The summed E-state index contributed by atoms with van der Waals surface area (Å²) in [5, 5.41) is 17.5. The van der Waals surface area contributed by atoms with Gasteiger partial charge in [-0.3, -0.25) is 0 Å². The minimum absolute atomic E-state index is 0.478. The Kier molecular flexibility index (Phi) is 3.75. The van der Waals surface area contributed by atoms with Crippen molar-refractivity contribution in [2.45, 2.75) is 5.92 Å². The van der Waals surface area contributed by atoms with E-state index in [2.05, 4.69) is 16.3 Å². The highest BCUT2D eigenvalue weighted by molar-refractivity contribution is 6.31. The van der Waals surface area contributed by atoms with Gasteiger partial charge in [-0.05, 0) is 29.8 Å². The Morgan fingerprint density at radius 1 is 1.39 bits per heavy atom. The van der Waals surface area contributed by atoms with Gasteiger partial charge in [0.05, 0.1) is 18.9 Å². The molecule has 0 spiro atoms. The fourth-order valence-electron chi connectivity index (χ4n) is 1.63. The molecule has 1 aromatic heterocycles. The lowest BCUT2D eigenvalue weighted by atomic mass is 9.97. The van der Waals surface area contributed by atoms with Gasteiger partial charge in [-0.15, -0.1) is 0 Å². The SMILES string of the molecule is COc1ccc(C(C#N)c2cccnn2)c(Cl)c1. The van der Waals surface area contributed by atoms with Crippen LogP contribution in [0.2, 0.25) is 5.02 Å². The molecule has 0 aliphatic carbocycles. The van der Waals surface area contributed by atoms with E-state index in [-0.39, 0.29) is 0 Å². The van der Waals surface area contributed by atoms with Crippen molar-refractivity contribution in [2.75, 3.05) is 7.11 Å². The van der Waals surface area contributed by atoms with Gasteiger partial charge < -0.3 is 4.74 Å². The van der Waals surface area contributed by atoms with Gasteiger partial charge in [-0.2, -0.15) is 15.5 Å². The monoisotopic (exact) mass is 259 g/mol. The number of ether oxygens (including phenoxy) is 1. The smallest absolute Gasteiger partial charge is 0.120 e. The Bertz CT molecular complexity index is 581. The fourth-order valence-corrected chi connectivity index (χ4v) is 1.91. The summed E-state index contributed by atoms with van der Waals surface area (Å²) in [6.07, 6.45) is 1.56. The molecule has 0 N–H and O–H groups in total. The second-order valence-corrected chi connectivity index (χ2v) is 4.01. The van der Waals surface area contributed by atoms with Crippen LogP contribution >= 0.6 is 11.6 Å². The Morgan fingerprint density at radius 3 is 2.78 bits per heavy atom. The highest BCUT2D eigenvalue weighted by Gasteiger charge is 2.18. The van der Waals surface area contributed by atoms with Crippen molar-refractivity contribution < 1.29 is 4.74 Å². The first-order valence-corrected chi connectivity index (χ1v) is 5.64. The zero-order valence-corrected chi connectivity index (χ0v) is 10.4. The molecule has 0 bridgehead atoms. The molecular formula is C13H10ClN3O. The zero-order valence-electron chi connectivity index (χ0n) is 9.67. The van der Waals surface area contributed by atoms with Crippen molar-refractivity contribution >= 4 is 11.6 Å². The molecular weight excluding hydrogens is 250 g/mol. The molecule has 90 valence electrons. The van der Waals surface area contributed by atoms with Crippen molar-refractivity contribution in [3.05, 3.63) is 52.8 Å². The van der Waals surface area contributed by atoms with E-state index in [1.807, 2.05) is 0 Å². The van der Waals surface area contributed by atoms with Gasteiger partial charge in [0.1, 0.15) is 11.7 Å². The summed E-state index contributed by atoms with van der Waals surface area (Å²) < 4.78 is 5.07. The number of nitriles is 1. The second-order valence-electron chi connectivity index (χ2n) is 3.60. The summed E-state index contributed by atoms with van der Waals surface area (Å²) in [5.41, 5.74) is 1.27. The van der Waals surface area contributed by atoms with Crippen molar-refractivity contribution in [3.63, 3.8) is 0 Å². The molecule has 0 radical (unpaired) electrons. The van der Waals surface area contributed by atoms with E-state index in [0.717, 1.165) is 0 Å². The molecule has 1 heterocycles. The molecule has 18 heavy (non-hydrogen) atoms. The molecule has 1 unspecified atom stereocenters. The average Bonchev–Trinajstić information content (AvgIpc) is 2.42. The Morgan fingerprint density at radius 2 is 2.22 bits per heavy atom. The van der Waals surface area contributed by atoms with Gasteiger partial charge >= 0.3 is 0 Å². The van der Waals surface area contributed by atoms with Crippen LogP contribution in [0.3, 0.4) is 0 Å². The molecule has 4 nitrogen and oxygen atoms in total. The molecule has 0 fully saturated rings. The van der Waals surface area contributed by atoms with Crippen molar-refractivity contribution in [2.24, 2.45) is 0 Å². The summed E-state index contributed by atoms with van der Waals surface area (Å²) in [6.45, 7) is 0. The van der Waals surface area contributed by atoms with Crippen LogP contribution in [0, 0.1) is 11.3 Å². The molecule has 1 atom stereocenters. The number of hydrogen-bond donors (Lipinski definition) is 0. The summed E-state index contributed by atoms with van der Waals surface area (Å²) in [5.74, 6) is 0.122. The molecule has 0 saturated heterocycles. The minimum Gasteiger partial charge on any atom is -0.497 e. The van der Waals surface area contributed by atoms with Crippen LogP contribution in [0.25, 0.3) is 0 Å². The number of rotatable bonds is 3. The van der Waals surface area contributed by atoms with Crippen LogP contribution in [0.4, 0.5) is 0 Å². The maximum absolute atomic E-state index is 9.28. The predicted octanol–water partition coefficient (Wildman–Crippen LogP) is 2.79. The number of methoxy groups -OCH3 is 1. The Hall–Kier alpha value is -2.12. The summed E-state index contributed by atoms with van der Waals surface area (Å²) in [4.78, 5) is 0. The number of hydrogen-bond acceptors (Lipinski definition) is 4. The van der Waals surface area contributed by atoms with E-state index in [0.29, 0.717) is 22.0 Å². The lowest BCUT2D eigenvalue weighted by Gasteiger charge is -2.11. The zero-order chi connectivity index (χ0) is 13.0. The molecule has 5 heteroatoms. The van der Waals surface area contributed by atoms with Crippen LogP contribution in [-0.4, -0.2) is 17.3 Å². The van der Waals surface area contributed by atoms with Crippen LogP contribution < -0.4 is 4.74 Å². The lowest BCUT2D eigenvalue weighted by Crippen LogP contribution is -2.02. The highest BCUT2D eigenvalue weighted by Crippen LogP contribution is 2.31. The largest absolute Gasteiger partial charge is 0.497 e. The quantitative estimate of drug-likeness (QED) is 0.850. The Balaban J connectivity index is 2.44. The average molecular weight is 260 g/mol. The third kappa shape index (κ3) is 2.41. The standard InChI is InChI=1S/C13H10ClN3O/c1-18-9-4-5-10(12(14)7-9)11(8-15)13-3-2-6-16-17-13/h2-7,11H,1H3. The van der Waals surface area contributed by atoms with Crippen LogP contribution in [0.5, 0.6) is 5.75 Å². The lowest BCUT2D eigenvalue weighted by molar-refractivity contribution is 0.414. The van der Waals surface area contributed by atoms with E-state index in [1.54, 1.807) is 43.6 Å². The summed E-state index contributed by atoms with van der Waals surface area (Å²) in [6, 6.07) is 10.9. The van der Waals surface area contributed by atoms with Crippen LogP contribution in [-0.2, 0) is 0 Å². The van der Waals surface area contributed by atoms with E-state index >= 15 is 0 Å². The minimum atomic E-state index is -0.530. The first-order chi connectivity index (χ1) is 8.76. The summed E-state index contributed by atoms with van der Waals surface area (Å²) in [7, 11) is 1.57. The molecule has 1 aromatic carbocycles. The van der Waals surface area contributed by atoms with Gasteiger partial charge in [-0.1, -0.05) is 17.7 Å². The van der Waals surface area contributed by atoms with Crippen LogP contribution in [0.1, 0.15) is 17.2 Å². The molecule has 0 saturated carbocycles. The Labute approximate surface area is 110 Å². The van der Waals surface area contributed by atoms with Crippen molar-refractivity contribution in [3.8, 4) is 11.8 Å². The topological polar surface area (TPSA) is 58.8 Å². The summed E-state index contributed by atoms with van der Waals surface area (Å²) >= 11 is 6.15. The van der Waals surface area contributed by atoms with Crippen molar-refractivity contribution in [1.29, 1.82) is 5.26 Å². The third-order valence-corrected chi connectivity index (χ3v) is 2.86. The molecule has 2 rings (SSSR count). The molecule has 0 aliphatic heterocycles. The van der Waals surface area contributed by atoms with E-state index in [4.69, 9.17) is 16.3 Å². The predicted molar refractivity (Wildman–Crippen MR) is 67.5 cm³/mol. The maximum Gasteiger partial charge on any atom is 0.120 e. The number of benzene rings is 1. The molecule has 2 aromatic rings. The van der Waals surface area contributed by atoms with Gasteiger partial charge in [0.2, 0.25) is 0 Å². The highest BCUT2D eigenvalue weighted by atomic mass is 35.5. The third-order valence-electron chi connectivity index (χ3n) is 2.54. The van der Waals surface area contributed by atoms with E-state index in [1.165, 1.54) is 0 Å². The van der Waals surface area contributed by atoms with Gasteiger partial charge in [-0.25, -0.2) is 0 Å². The van der Waals surface area contributed by atoms with Crippen LogP contribution in [0.15, 0.2) is 36.5 Å². The first-order valence-electron chi connectivity index (χ1n) is 5.27. The number of aromatic nitrogens is 2. The first kappa shape index (κ1) is 12.3.